The first-order chi connectivity index (χ1) is 8.66. The standard InChI is InChI=1S/C13H15NO4/c1-9-11(8-17-12(9)15)14-13(16)18-7-10-5-3-2-4-6-10/h2-6,9,11H,7-8H2,1H3,(H,14,16)/t9-,11+/m1/s1. The van der Waals surface area contributed by atoms with Crippen LogP contribution in [0.4, 0.5) is 4.79 Å². The van der Waals surface area contributed by atoms with Crippen LogP contribution in [0.2, 0.25) is 0 Å². The number of carbonyl (C=O) groups excluding carboxylic acids is 2. The number of alkyl carbamates (subject to hydrolysis) is 1. The van der Waals surface area contributed by atoms with Gasteiger partial charge in [0.2, 0.25) is 0 Å². The molecule has 1 N–H and O–H groups in total. The SMILES string of the molecule is C[C@H]1C(=O)OC[C@@H]1NC(=O)OCc1ccccc1. The molecule has 0 aliphatic carbocycles. The fraction of sp³-hybridized carbons (Fsp3) is 0.385. The van der Waals surface area contributed by atoms with Crippen LogP contribution in [0.1, 0.15) is 12.5 Å². The summed E-state index contributed by atoms with van der Waals surface area (Å²) < 4.78 is 9.89. The molecule has 96 valence electrons. The number of carbonyl (C=O) groups is 2. The van der Waals surface area contributed by atoms with E-state index in [1.165, 1.54) is 0 Å². The fourth-order valence-corrected chi connectivity index (χ4v) is 1.69. The molecule has 0 bridgehead atoms. The predicted octanol–water partition coefficient (Wildman–Crippen LogP) is 1.47. The number of esters is 1. The first-order valence-corrected chi connectivity index (χ1v) is 5.80. The second-order valence-electron chi connectivity index (χ2n) is 4.23. The van der Waals surface area contributed by atoms with Gasteiger partial charge < -0.3 is 14.8 Å². The van der Waals surface area contributed by atoms with Gasteiger partial charge in [0.25, 0.3) is 0 Å². The maximum atomic E-state index is 11.5. The molecular weight excluding hydrogens is 234 g/mol. The Morgan fingerprint density at radius 3 is 2.78 bits per heavy atom. The molecule has 5 heteroatoms. The van der Waals surface area contributed by atoms with E-state index >= 15 is 0 Å². The number of nitrogens with one attached hydrogen (secondary N) is 1. The van der Waals surface area contributed by atoms with Crippen molar-refractivity contribution in [3.8, 4) is 0 Å². The number of hydrogen-bond acceptors (Lipinski definition) is 4. The minimum Gasteiger partial charge on any atom is -0.463 e. The Kier molecular flexibility index (Phi) is 3.82. The molecule has 0 aromatic heterocycles. The average molecular weight is 249 g/mol. The Hall–Kier alpha value is -2.04. The molecule has 1 aromatic rings. The third-order valence-corrected chi connectivity index (χ3v) is 2.90. The van der Waals surface area contributed by atoms with Crippen LogP contribution < -0.4 is 5.32 Å². The number of benzene rings is 1. The van der Waals surface area contributed by atoms with Gasteiger partial charge >= 0.3 is 12.1 Å². The molecule has 0 spiro atoms. The van der Waals surface area contributed by atoms with Gasteiger partial charge in [-0.15, -0.1) is 0 Å². The lowest BCUT2D eigenvalue weighted by Gasteiger charge is -2.13. The van der Waals surface area contributed by atoms with E-state index in [-0.39, 0.29) is 31.1 Å². The van der Waals surface area contributed by atoms with Gasteiger partial charge in [-0.3, -0.25) is 4.79 Å². The van der Waals surface area contributed by atoms with Crippen molar-refractivity contribution in [2.45, 2.75) is 19.6 Å². The summed E-state index contributed by atoms with van der Waals surface area (Å²) in [5.74, 6) is -0.613. The fourth-order valence-electron chi connectivity index (χ4n) is 1.69. The second kappa shape index (κ2) is 5.53. The highest BCUT2D eigenvalue weighted by molar-refractivity contribution is 5.77. The van der Waals surface area contributed by atoms with Crippen molar-refractivity contribution < 1.29 is 19.1 Å². The zero-order valence-electron chi connectivity index (χ0n) is 10.1. The van der Waals surface area contributed by atoms with Gasteiger partial charge in [-0.2, -0.15) is 0 Å². The lowest BCUT2D eigenvalue weighted by atomic mass is 10.1. The van der Waals surface area contributed by atoms with E-state index in [1.54, 1.807) is 6.92 Å². The summed E-state index contributed by atoms with van der Waals surface area (Å²) in [6.07, 6.45) is -0.533. The van der Waals surface area contributed by atoms with E-state index in [0.29, 0.717) is 0 Å². The van der Waals surface area contributed by atoms with Gasteiger partial charge in [0.15, 0.2) is 0 Å². The molecule has 2 rings (SSSR count). The van der Waals surface area contributed by atoms with Gasteiger partial charge in [-0.1, -0.05) is 30.3 Å². The zero-order valence-corrected chi connectivity index (χ0v) is 10.1. The number of rotatable bonds is 3. The highest BCUT2D eigenvalue weighted by Gasteiger charge is 2.34. The van der Waals surface area contributed by atoms with Crippen LogP contribution in [0.5, 0.6) is 0 Å². The number of amides is 1. The Morgan fingerprint density at radius 1 is 1.44 bits per heavy atom. The lowest BCUT2D eigenvalue weighted by molar-refractivity contribution is -0.140. The molecule has 1 aliphatic heterocycles. The van der Waals surface area contributed by atoms with Gasteiger partial charge in [0.1, 0.15) is 13.2 Å². The monoisotopic (exact) mass is 249 g/mol. The largest absolute Gasteiger partial charge is 0.463 e. The summed E-state index contributed by atoms with van der Waals surface area (Å²) in [4.78, 5) is 22.7. The molecule has 0 unspecified atom stereocenters. The normalized spacial score (nSPS) is 22.4. The van der Waals surface area contributed by atoms with E-state index in [1.807, 2.05) is 30.3 Å². The minimum atomic E-state index is -0.533. The zero-order chi connectivity index (χ0) is 13.0. The minimum absolute atomic E-state index is 0.209. The van der Waals surface area contributed by atoms with Crippen LogP contribution in [-0.2, 0) is 20.9 Å². The van der Waals surface area contributed by atoms with Crippen LogP contribution in [-0.4, -0.2) is 24.7 Å². The molecule has 5 nitrogen and oxygen atoms in total. The van der Waals surface area contributed by atoms with Gasteiger partial charge in [-0.05, 0) is 12.5 Å². The van der Waals surface area contributed by atoms with E-state index in [2.05, 4.69) is 5.32 Å². The highest BCUT2D eigenvalue weighted by Crippen LogP contribution is 2.14. The summed E-state index contributed by atoms with van der Waals surface area (Å²) in [6, 6.07) is 9.09. The van der Waals surface area contributed by atoms with Crippen molar-refractivity contribution in [2.75, 3.05) is 6.61 Å². The van der Waals surface area contributed by atoms with Crippen molar-refractivity contribution in [2.24, 2.45) is 5.92 Å². The van der Waals surface area contributed by atoms with Gasteiger partial charge in [0, 0.05) is 0 Å². The molecule has 18 heavy (non-hydrogen) atoms. The molecule has 1 heterocycles. The molecule has 1 aliphatic rings. The van der Waals surface area contributed by atoms with E-state index in [9.17, 15) is 9.59 Å². The summed E-state index contributed by atoms with van der Waals surface area (Å²) >= 11 is 0. The molecule has 1 aromatic carbocycles. The summed E-state index contributed by atoms with van der Waals surface area (Å²) in [7, 11) is 0. The predicted molar refractivity (Wildman–Crippen MR) is 63.7 cm³/mol. The van der Waals surface area contributed by atoms with E-state index in [4.69, 9.17) is 9.47 Å². The highest BCUT2D eigenvalue weighted by atomic mass is 16.6. The van der Waals surface area contributed by atoms with Crippen molar-refractivity contribution in [1.29, 1.82) is 0 Å². The lowest BCUT2D eigenvalue weighted by Crippen LogP contribution is -2.39. The molecule has 0 saturated carbocycles. The van der Waals surface area contributed by atoms with Crippen LogP contribution in [0.15, 0.2) is 30.3 Å². The molecule has 1 amide bonds. The van der Waals surface area contributed by atoms with Gasteiger partial charge in [-0.25, -0.2) is 4.79 Å². The molecule has 1 saturated heterocycles. The van der Waals surface area contributed by atoms with E-state index < -0.39 is 6.09 Å². The van der Waals surface area contributed by atoms with Crippen LogP contribution in [0.3, 0.4) is 0 Å². The van der Waals surface area contributed by atoms with Crippen molar-refractivity contribution in [3.05, 3.63) is 35.9 Å². The Bertz CT molecular complexity index is 432. The summed E-state index contributed by atoms with van der Waals surface area (Å²) in [5, 5.41) is 2.62. The molecule has 0 radical (unpaired) electrons. The third-order valence-electron chi connectivity index (χ3n) is 2.90. The number of cyclic esters (lactones) is 1. The number of hydrogen-bond donors (Lipinski definition) is 1. The Balaban J connectivity index is 1.78. The first kappa shape index (κ1) is 12.4. The third kappa shape index (κ3) is 3.00. The smallest absolute Gasteiger partial charge is 0.407 e. The Morgan fingerprint density at radius 2 is 2.17 bits per heavy atom. The van der Waals surface area contributed by atoms with Crippen molar-refractivity contribution in [3.63, 3.8) is 0 Å². The topological polar surface area (TPSA) is 64.6 Å². The first-order valence-electron chi connectivity index (χ1n) is 5.80. The van der Waals surface area contributed by atoms with Crippen LogP contribution in [0.25, 0.3) is 0 Å². The second-order valence-corrected chi connectivity index (χ2v) is 4.23. The molecular formula is C13H15NO4. The van der Waals surface area contributed by atoms with Crippen molar-refractivity contribution in [1.82, 2.24) is 5.32 Å². The number of ether oxygens (including phenoxy) is 2. The maximum absolute atomic E-state index is 11.5. The maximum Gasteiger partial charge on any atom is 0.407 e. The molecule has 1 fully saturated rings. The Labute approximate surface area is 105 Å². The summed E-state index contributed by atoms with van der Waals surface area (Å²) in [6.45, 7) is 2.14. The van der Waals surface area contributed by atoms with Crippen molar-refractivity contribution >= 4 is 12.1 Å². The molecule has 2 atom stereocenters. The van der Waals surface area contributed by atoms with Crippen LogP contribution in [0, 0.1) is 5.92 Å². The quantitative estimate of drug-likeness (QED) is 0.824. The average Bonchev–Trinajstić information content (AvgIpc) is 2.70. The summed E-state index contributed by atoms with van der Waals surface area (Å²) in [5.41, 5.74) is 0.916. The van der Waals surface area contributed by atoms with Gasteiger partial charge in [0.05, 0.1) is 12.0 Å². The van der Waals surface area contributed by atoms with E-state index in [0.717, 1.165) is 5.56 Å². The van der Waals surface area contributed by atoms with Crippen LogP contribution >= 0.6 is 0 Å².